The molecule has 0 aliphatic heterocycles. The van der Waals surface area contributed by atoms with Crippen LogP contribution >= 0.6 is 15.9 Å². The number of methoxy groups -OCH3 is 1. The standard InChI is InChI=1S/C12H14BrNO4/c1-3-14(7-11(16)18-2)12(17)9-5-4-8(13)6-10(9)15/h4-6,15H,3,7H2,1-2H3. The third-order valence-corrected chi connectivity index (χ3v) is 2.90. The van der Waals surface area contributed by atoms with Gasteiger partial charge in [0.2, 0.25) is 0 Å². The number of hydrogen-bond acceptors (Lipinski definition) is 4. The van der Waals surface area contributed by atoms with E-state index < -0.39 is 11.9 Å². The predicted molar refractivity (Wildman–Crippen MR) is 69.4 cm³/mol. The predicted octanol–water partition coefficient (Wildman–Crippen LogP) is 1.79. The van der Waals surface area contributed by atoms with Crippen molar-refractivity contribution in [2.24, 2.45) is 0 Å². The fraction of sp³-hybridized carbons (Fsp3) is 0.333. The molecule has 0 fully saturated rings. The summed E-state index contributed by atoms with van der Waals surface area (Å²) in [5, 5.41) is 9.70. The Labute approximate surface area is 113 Å². The van der Waals surface area contributed by atoms with Gasteiger partial charge in [-0.2, -0.15) is 0 Å². The van der Waals surface area contributed by atoms with Crippen LogP contribution < -0.4 is 0 Å². The largest absolute Gasteiger partial charge is 0.507 e. The number of benzene rings is 1. The quantitative estimate of drug-likeness (QED) is 0.860. The Morgan fingerprint density at radius 2 is 2.11 bits per heavy atom. The molecule has 0 aromatic heterocycles. The first kappa shape index (κ1) is 14.5. The van der Waals surface area contributed by atoms with E-state index in [9.17, 15) is 14.7 Å². The summed E-state index contributed by atoms with van der Waals surface area (Å²) < 4.78 is 5.19. The molecule has 98 valence electrons. The Balaban J connectivity index is 2.93. The van der Waals surface area contributed by atoms with Crippen LogP contribution in [0.2, 0.25) is 0 Å². The van der Waals surface area contributed by atoms with Gasteiger partial charge in [-0.1, -0.05) is 15.9 Å². The lowest BCUT2D eigenvalue weighted by atomic mass is 10.1. The summed E-state index contributed by atoms with van der Waals surface area (Å²) in [6, 6.07) is 4.58. The number of carbonyl (C=O) groups excluding carboxylic acids is 2. The van der Waals surface area contributed by atoms with E-state index >= 15 is 0 Å². The molecule has 5 nitrogen and oxygen atoms in total. The number of carbonyl (C=O) groups is 2. The maximum absolute atomic E-state index is 12.1. The van der Waals surface area contributed by atoms with Gasteiger partial charge in [-0.3, -0.25) is 9.59 Å². The molecule has 1 amide bonds. The van der Waals surface area contributed by atoms with Crippen LogP contribution in [0, 0.1) is 0 Å². The summed E-state index contributed by atoms with van der Waals surface area (Å²) in [5.41, 5.74) is 0.156. The molecule has 1 rings (SSSR count). The van der Waals surface area contributed by atoms with Crippen molar-refractivity contribution in [3.63, 3.8) is 0 Å². The van der Waals surface area contributed by atoms with E-state index in [0.29, 0.717) is 11.0 Å². The molecule has 0 saturated carbocycles. The normalized spacial score (nSPS) is 9.94. The summed E-state index contributed by atoms with van der Waals surface area (Å²) in [7, 11) is 1.26. The molecule has 18 heavy (non-hydrogen) atoms. The van der Waals surface area contributed by atoms with Crippen LogP contribution in [0.5, 0.6) is 5.75 Å². The van der Waals surface area contributed by atoms with E-state index in [1.165, 1.54) is 24.1 Å². The minimum Gasteiger partial charge on any atom is -0.507 e. The molecular weight excluding hydrogens is 302 g/mol. The number of aromatic hydroxyl groups is 1. The van der Waals surface area contributed by atoms with Crippen molar-refractivity contribution < 1.29 is 19.4 Å². The Morgan fingerprint density at radius 3 is 2.61 bits per heavy atom. The number of hydrogen-bond donors (Lipinski definition) is 1. The molecule has 0 unspecified atom stereocenters. The molecule has 1 aromatic carbocycles. The zero-order valence-electron chi connectivity index (χ0n) is 10.1. The van der Waals surface area contributed by atoms with Gasteiger partial charge in [0.1, 0.15) is 12.3 Å². The minimum atomic E-state index is -0.498. The van der Waals surface area contributed by atoms with Gasteiger partial charge in [0.15, 0.2) is 0 Å². The summed E-state index contributed by atoms with van der Waals surface area (Å²) in [5.74, 6) is -1.03. The second kappa shape index (κ2) is 6.39. The number of phenols is 1. The summed E-state index contributed by atoms with van der Waals surface area (Å²) in [4.78, 5) is 24.6. The van der Waals surface area contributed by atoms with E-state index in [0.717, 1.165) is 0 Å². The number of nitrogens with zero attached hydrogens (tertiary/aromatic N) is 1. The molecule has 0 bridgehead atoms. The van der Waals surface area contributed by atoms with E-state index in [-0.39, 0.29) is 17.9 Å². The van der Waals surface area contributed by atoms with Crippen LogP contribution in [0.25, 0.3) is 0 Å². The maximum atomic E-state index is 12.1. The summed E-state index contributed by atoms with van der Waals surface area (Å²) in [6.07, 6.45) is 0. The first-order chi connectivity index (χ1) is 8.49. The fourth-order valence-corrected chi connectivity index (χ4v) is 1.75. The van der Waals surface area contributed by atoms with Crippen molar-refractivity contribution in [3.05, 3.63) is 28.2 Å². The molecule has 1 aromatic rings. The number of likely N-dealkylation sites (N-methyl/N-ethyl adjacent to an activating group) is 1. The SMILES string of the molecule is CCN(CC(=O)OC)C(=O)c1ccc(Br)cc1O. The molecule has 0 aliphatic rings. The minimum absolute atomic E-state index is 0.127. The second-order valence-electron chi connectivity index (χ2n) is 3.56. The van der Waals surface area contributed by atoms with Gasteiger partial charge >= 0.3 is 5.97 Å². The fourth-order valence-electron chi connectivity index (χ4n) is 1.40. The van der Waals surface area contributed by atoms with E-state index in [1.54, 1.807) is 13.0 Å². The van der Waals surface area contributed by atoms with Gasteiger partial charge in [-0.25, -0.2) is 0 Å². The third-order valence-electron chi connectivity index (χ3n) is 2.41. The lowest BCUT2D eigenvalue weighted by Crippen LogP contribution is -2.36. The highest BCUT2D eigenvalue weighted by atomic mass is 79.9. The first-order valence-corrected chi connectivity index (χ1v) is 6.13. The van der Waals surface area contributed by atoms with Crippen LogP contribution in [0.4, 0.5) is 0 Å². The van der Waals surface area contributed by atoms with E-state index in [1.807, 2.05) is 0 Å². The number of halogens is 1. The zero-order chi connectivity index (χ0) is 13.7. The Hall–Kier alpha value is -1.56. The van der Waals surface area contributed by atoms with Crippen LogP contribution in [0.15, 0.2) is 22.7 Å². The van der Waals surface area contributed by atoms with Crippen LogP contribution in [0.3, 0.4) is 0 Å². The summed E-state index contributed by atoms with van der Waals surface area (Å²) in [6.45, 7) is 1.96. The number of phenolic OH excluding ortho intramolecular Hbond substituents is 1. The van der Waals surface area contributed by atoms with Crippen LogP contribution in [-0.2, 0) is 9.53 Å². The highest BCUT2D eigenvalue weighted by molar-refractivity contribution is 9.10. The number of ether oxygens (including phenoxy) is 1. The topological polar surface area (TPSA) is 66.8 Å². The van der Waals surface area contributed by atoms with Gasteiger partial charge in [-0.05, 0) is 25.1 Å². The number of esters is 1. The Morgan fingerprint density at radius 1 is 1.44 bits per heavy atom. The van der Waals surface area contributed by atoms with Gasteiger partial charge in [-0.15, -0.1) is 0 Å². The van der Waals surface area contributed by atoms with Crippen LogP contribution in [0.1, 0.15) is 17.3 Å². The van der Waals surface area contributed by atoms with Crippen LogP contribution in [-0.4, -0.2) is 42.1 Å². The lowest BCUT2D eigenvalue weighted by molar-refractivity contribution is -0.141. The second-order valence-corrected chi connectivity index (χ2v) is 4.47. The van der Waals surface area contributed by atoms with E-state index in [2.05, 4.69) is 20.7 Å². The average molecular weight is 316 g/mol. The van der Waals surface area contributed by atoms with Gasteiger partial charge in [0, 0.05) is 11.0 Å². The third kappa shape index (κ3) is 3.46. The molecule has 0 aliphatic carbocycles. The molecule has 0 atom stereocenters. The molecule has 0 saturated heterocycles. The molecule has 6 heteroatoms. The monoisotopic (exact) mass is 315 g/mol. The molecule has 0 heterocycles. The molecule has 1 N–H and O–H groups in total. The highest BCUT2D eigenvalue weighted by Gasteiger charge is 2.20. The lowest BCUT2D eigenvalue weighted by Gasteiger charge is -2.19. The van der Waals surface area contributed by atoms with Crippen molar-refractivity contribution in [1.82, 2.24) is 4.90 Å². The number of amides is 1. The van der Waals surface area contributed by atoms with Crippen molar-refractivity contribution in [1.29, 1.82) is 0 Å². The zero-order valence-corrected chi connectivity index (χ0v) is 11.7. The van der Waals surface area contributed by atoms with Crippen molar-refractivity contribution in [3.8, 4) is 5.75 Å². The van der Waals surface area contributed by atoms with Crippen molar-refractivity contribution in [2.45, 2.75) is 6.92 Å². The average Bonchev–Trinajstić information content (AvgIpc) is 2.34. The summed E-state index contributed by atoms with van der Waals surface area (Å²) >= 11 is 3.19. The highest BCUT2D eigenvalue weighted by Crippen LogP contribution is 2.23. The van der Waals surface area contributed by atoms with E-state index in [4.69, 9.17) is 0 Å². The first-order valence-electron chi connectivity index (χ1n) is 5.34. The molecule has 0 radical (unpaired) electrons. The maximum Gasteiger partial charge on any atom is 0.325 e. The van der Waals surface area contributed by atoms with Crippen molar-refractivity contribution in [2.75, 3.05) is 20.2 Å². The smallest absolute Gasteiger partial charge is 0.325 e. The van der Waals surface area contributed by atoms with Gasteiger partial charge < -0.3 is 14.7 Å². The molecule has 0 spiro atoms. The Bertz CT molecular complexity index is 461. The van der Waals surface area contributed by atoms with Crippen molar-refractivity contribution >= 4 is 27.8 Å². The molecular formula is C12H14BrNO4. The van der Waals surface area contributed by atoms with Gasteiger partial charge in [0.25, 0.3) is 5.91 Å². The Kier molecular flexibility index (Phi) is 5.15. The number of rotatable bonds is 4. The van der Waals surface area contributed by atoms with Gasteiger partial charge in [0.05, 0.1) is 12.7 Å².